The van der Waals surface area contributed by atoms with E-state index in [4.69, 9.17) is 14.7 Å². The van der Waals surface area contributed by atoms with Crippen molar-refractivity contribution in [3.8, 4) is 17.0 Å². The molecule has 4 rings (SSSR count). The zero-order valence-corrected chi connectivity index (χ0v) is 18.3. The smallest absolute Gasteiger partial charge is 0.222 e. The van der Waals surface area contributed by atoms with Crippen molar-refractivity contribution in [2.45, 2.75) is 32.1 Å². The lowest BCUT2D eigenvalue weighted by Gasteiger charge is -2.32. The number of hydrogen-bond donors (Lipinski definition) is 1. The van der Waals surface area contributed by atoms with Crippen molar-refractivity contribution >= 4 is 17.4 Å². The normalized spacial score (nSPS) is 16.0. The summed E-state index contributed by atoms with van der Waals surface area (Å²) >= 11 is 0. The average Bonchev–Trinajstić information content (AvgIpc) is 2.83. The molecule has 2 aromatic carbocycles. The highest BCUT2D eigenvalue weighted by Gasteiger charge is 2.27. The second-order valence-corrected chi connectivity index (χ2v) is 7.86. The summed E-state index contributed by atoms with van der Waals surface area (Å²) in [7, 11) is 1.63. The number of piperidine rings is 1. The second kappa shape index (κ2) is 9.77. The minimum Gasteiger partial charge on any atom is -0.496 e. The summed E-state index contributed by atoms with van der Waals surface area (Å²) < 4.78 is 19.2. The SMILES string of the molecule is CCC(=O)N1CCCC(c2nc(Nc3cccc(F)c3)cc(-c3ccccc3OC)n2)C1. The molecule has 1 unspecified atom stereocenters. The first-order chi connectivity index (χ1) is 15.6. The summed E-state index contributed by atoms with van der Waals surface area (Å²) in [5.41, 5.74) is 2.16. The highest BCUT2D eigenvalue weighted by molar-refractivity contribution is 5.76. The Kier molecular flexibility index (Phi) is 6.63. The van der Waals surface area contributed by atoms with Crippen LogP contribution in [-0.2, 0) is 4.79 Å². The lowest BCUT2D eigenvalue weighted by atomic mass is 9.96. The quantitative estimate of drug-likeness (QED) is 0.581. The number of nitrogens with zero attached hydrogens (tertiary/aromatic N) is 3. The van der Waals surface area contributed by atoms with Crippen molar-refractivity contribution in [3.63, 3.8) is 0 Å². The summed E-state index contributed by atoms with van der Waals surface area (Å²) in [5.74, 6) is 1.80. The number of halogens is 1. The van der Waals surface area contributed by atoms with Gasteiger partial charge in [0.15, 0.2) is 0 Å². The van der Waals surface area contributed by atoms with Gasteiger partial charge in [-0.15, -0.1) is 0 Å². The van der Waals surface area contributed by atoms with E-state index in [1.807, 2.05) is 42.2 Å². The Morgan fingerprint density at radius 2 is 2.03 bits per heavy atom. The number of hydrogen-bond acceptors (Lipinski definition) is 5. The van der Waals surface area contributed by atoms with E-state index in [1.54, 1.807) is 19.2 Å². The molecule has 1 atom stereocenters. The number of benzene rings is 2. The maximum absolute atomic E-state index is 13.7. The van der Waals surface area contributed by atoms with Crippen LogP contribution in [0.25, 0.3) is 11.3 Å². The molecule has 1 N–H and O–H groups in total. The Morgan fingerprint density at radius 1 is 1.19 bits per heavy atom. The molecular weight excluding hydrogens is 407 g/mol. The van der Waals surface area contributed by atoms with Crippen molar-refractivity contribution < 1.29 is 13.9 Å². The van der Waals surface area contributed by atoms with E-state index in [0.717, 1.165) is 24.9 Å². The molecule has 1 saturated heterocycles. The summed E-state index contributed by atoms with van der Waals surface area (Å²) in [6.45, 7) is 3.25. The van der Waals surface area contributed by atoms with Crippen LogP contribution in [0.1, 0.15) is 37.9 Å². The van der Waals surface area contributed by atoms with E-state index < -0.39 is 0 Å². The predicted octanol–water partition coefficient (Wildman–Crippen LogP) is 5.15. The molecule has 1 aliphatic heterocycles. The number of anilines is 2. The van der Waals surface area contributed by atoms with Crippen LogP contribution in [0.3, 0.4) is 0 Å². The number of nitrogens with one attached hydrogen (secondary N) is 1. The summed E-state index contributed by atoms with van der Waals surface area (Å²) in [5, 5.41) is 3.20. The van der Waals surface area contributed by atoms with E-state index in [2.05, 4.69) is 5.32 Å². The van der Waals surface area contributed by atoms with Gasteiger partial charge in [-0.1, -0.05) is 25.1 Å². The zero-order chi connectivity index (χ0) is 22.5. The summed E-state index contributed by atoms with van der Waals surface area (Å²) in [6, 6.07) is 15.8. The molecule has 32 heavy (non-hydrogen) atoms. The second-order valence-electron chi connectivity index (χ2n) is 7.86. The number of para-hydroxylation sites is 1. The fraction of sp³-hybridized carbons (Fsp3) is 0.320. The third-order valence-electron chi connectivity index (χ3n) is 5.67. The number of methoxy groups -OCH3 is 1. The molecule has 1 aromatic heterocycles. The number of ether oxygens (including phenoxy) is 1. The van der Waals surface area contributed by atoms with Gasteiger partial charge in [-0.2, -0.15) is 0 Å². The molecule has 3 aromatic rings. The average molecular weight is 435 g/mol. The van der Waals surface area contributed by atoms with Gasteiger partial charge in [-0.3, -0.25) is 4.79 Å². The topological polar surface area (TPSA) is 67.4 Å². The third kappa shape index (κ3) is 4.88. The van der Waals surface area contributed by atoms with Crippen LogP contribution < -0.4 is 10.1 Å². The summed E-state index contributed by atoms with van der Waals surface area (Å²) in [4.78, 5) is 23.8. The Balaban J connectivity index is 1.74. The molecule has 2 heterocycles. The van der Waals surface area contributed by atoms with Crippen LogP contribution in [0.4, 0.5) is 15.9 Å². The third-order valence-corrected chi connectivity index (χ3v) is 5.67. The Bertz CT molecular complexity index is 1100. The maximum atomic E-state index is 13.7. The molecule has 0 bridgehead atoms. The van der Waals surface area contributed by atoms with Crippen molar-refractivity contribution in [1.29, 1.82) is 0 Å². The molecule has 0 aliphatic carbocycles. The molecule has 6 nitrogen and oxygen atoms in total. The van der Waals surface area contributed by atoms with E-state index >= 15 is 0 Å². The predicted molar refractivity (Wildman–Crippen MR) is 123 cm³/mol. The first-order valence-corrected chi connectivity index (χ1v) is 10.9. The van der Waals surface area contributed by atoms with Gasteiger partial charge in [0.1, 0.15) is 23.2 Å². The number of rotatable bonds is 6. The number of aromatic nitrogens is 2. The standard InChI is InChI=1S/C25H27FN4O2/c1-3-24(31)30-13-7-8-17(16-30)25-28-21(20-11-4-5-12-22(20)32-2)15-23(29-25)27-19-10-6-9-18(26)14-19/h4-6,9-12,14-15,17H,3,7-8,13,16H2,1-2H3,(H,27,28,29). The van der Waals surface area contributed by atoms with Gasteiger partial charge in [0.2, 0.25) is 5.91 Å². The van der Waals surface area contributed by atoms with Gasteiger partial charge in [0.05, 0.1) is 12.8 Å². The van der Waals surface area contributed by atoms with Gasteiger partial charge in [0.25, 0.3) is 0 Å². The van der Waals surface area contributed by atoms with Crippen LogP contribution in [-0.4, -0.2) is 41.0 Å². The lowest BCUT2D eigenvalue weighted by molar-refractivity contribution is -0.132. The van der Waals surface area contributed by atoms with E-state index in [0.29, 0.717) is 41.7 Å². The fourth-order valence-electron chi connectivity index (χ4n) is 4.06. The van der Waals surface area contributed by atoms with Crippen LogP contribution >= 0.6 is 0 Å². The van der Waals surface area contributed by atoms with Crippen LogP contribution in [0.15, 0.2) is 54.6 Å². The van der Waals surface area contributed by atoms with Gasteiger partial charge in [0, 0.05) is 42.7 Å². The van der Waals surface area contributed by atoms with E-state index in [9.17, 15) is 9.18 Å². The van der Waals surface area contributed by atoms with Crippen molar-refractivity contribution in [1.82, 2.24) is 14.9 Å². The summed E-state index contributed by atoms with van der Waals surface area (Å²) in [6.07, 6.45) is 2.30. The Hall–Kier alpha value is -3.48. The molecule has 166 valence electrons. The maximum Gasteiger partial charge on any atom is 0.222 e. The number of carbonyl (C=O) groups excluding carboxylic acids is 1. The van der Waals surface area contributed by atoms with E-state index in [1.165, 1.54) is 12.1 Å². The number of carbonyl (C=O) groups is 1. The highest BCUT2D eigenvalue weighted by Crippen LogP contribution is 2.33. The van der Waals surface area contributed by atoms with E-state index in [-0.39, 0.29) is 17.6 Å². The first kappa shape index (κ1) is 21.7. The van der Waals surface area contributed by atoms with Gasteiger partial charge in [-0.05, 0) is 43.2 Å². The minimum absolute atomic E-state index is 0.0296. The monoisotopic (exact) mass is 434 g/mol. The van der Waals surface area contributed by atoms with Gasteiger partial charge >= 0.3 is 0 Å². The molecule has 1 aliphatic rings. The minimum atomic E-state index is -0.324. The van der Waals surface area contributed by atoms with Gasteiger partial charge < -0.3 is 15.0 Å². The van der Waals surface area contributed by atoms with Crippen LogP contribution in [0.5, 0.6) is 5.75 Å². The molecule has 1 fully saturated rings. The largest absolute Gasteiger partial charge is 0.496 e. The fourth-order valence-corrected chi connectivity index (χ4v) is 4.06. The number of amides is 1. The number of likely N-dealkylation sites (tertiary alicyclic amines) is 1. The molecule has 0 radical (unpaired) electrons. The Morgan fingerprint density at radius 3 is 2.81 bits per heavy atom. The van der Waals surface area contributed by atoms with Crippen molar-refractivity contribution in [2.24, 2.45) is 0 Å². The van der Waals surface area contributed by atoms with Crippen molar-refractivity contribution in [2.75, 3.05) is 25.5 Å². The molecule has 0 saturated carbocycles. The van der Waals surface area contributed by atoms with Crippen molar-refractivity contribution in [3.05, 3.63) is 66.2 Å². The molecular formula is C25H27FN4O2. The molecule has 7 heteroatoms. The zero-order valence-electron chi connectivity index (χ0n) is 18.3. The highest BCUT2D eigenvalue weighted by atomic mass is 19.1. The first-order valence-electron chi connectivity index (χ1n) is 10.9. The molecule has 1 amide bonds. The Labute approximate surface area is 187 Å². The van der Waals surface area contributed by atoms with Gasteiger partial charge in [-0.25, -0.2) is 14.4 Å². The van der Waals surface area contributed by atoms with Crippen LogP contribution in [0, 0.1) is 5.82 Å². The molecule has 0 spiro atoms. The lowest BCUT2D eigenvalue weighted by Crippen LogP contribution is -2.39. The van der Waals surface area contributed by atoms with Crippen LogP contribution in [0.2, 0.25) is 0 Å².